The van der Waals surface area contributed by atoms with Crippen molar-refractivity contribution >= 4 is 27.3 Å². The third kappa shape index (κ3) is 4.09. The molecule has 1 fully saturated rings. The summed E-state index contributed by atoms with van der Waals surface area (Å²) in [6, 6.07) is 16.2. The van der Waals surface area contributed by atoms with E-state index < -0.39 is 5.72 Å². The van der Waals surface area contributed by atoms with E-state index in [4.69, 9.17) is 19.5 Å². The molecule has 1 atom stereocenters. The SMILES string of the molecule is CNCC1(C2CCCC2)ON=C(c2cc3cccc(C#N)c3s2)N1Cc1ccc(OC)cc1OC. The molecule has 0 spiro atoms. The summed E-state index contributed by atoms with van der Waals surface area (Å²) >= 11 is 1.59. The first-order chi connectivity index (χ1) is 17.1. The van der Waals surface area contributed by atoms with Crippen LogP contribution < -0.4 is 14.8 Å². The summed E-state index contributed by atoms with van der Waals surface area (Å²) in [6.45, 7) is 1.22. The van der Waals surface area contributed by atoms with E-state index in [0.717, 1.165) is 50.7 Å². The lowest BCUT2D eigenvalue weighted by Gasteiger charge is -2.41. The molecule has 8 heteroatoms. The molecular weight excluding hydrogens is 460 g/mol. The van der Waals surface area contributed by atoms with Crippen molar-refractivity contribution in [1.29, 1.82) is 5.26 Å². The predicted molar refractivity (Wildman–Crippen MR) is 138 cm³/mol. The van der Waals surface area contributed by atoms with Gasteiger partial charge in [-0.15, -0.1) is 11.3 Å². The lowest BCUT2D eigenvalue weighted by molar-refractivity contribution is -0.138. The topological polar surface area (TPSA) is 79.1 Å². The van der Waals surface area contributed by atoms with Gasteiger partial charge < -0.3 is 24.5 Å². The van der Waals surface area contributed by atoms with E-state index in [2.05, 4.69) is 22.4 Å². The number of benzene rings is 2. The molecule has 2 aromatic carbocycles. The largest absolute Gasteiger partial charge is 0.497 e. The maximum atomic E-state index is 9.61. The minimum Gasteiger partial charge on any atom is -0.497 e. The molecule has 1 unspecified atom stereocenters. The van der Waals surface area contributed by atoms with Gasteiger partial charge in [0.15, 0.2) is 5.84 Å². The summed E-state index contributed by atoms with van der Waals surface area (Å²) in [6.07, 6.45) is 4.60. The third-order valence-corrected chi connectivity index (χ3v) is 8.31. The van der Waals surface area contributed by atoms with Crippen LogP contribution >= 0.6 is 11.3 Å². The van der Waals surface area contributed by atoms with Gasteiger partial charge in [-0.1, -0.05) is 30.1 Å². The molecule has 2 aliphatic rings. The van der Waals surface area contributed by atoms with Crippen molar-refractivity contribution in [3.05, 3.63) is 58.5 Å². The van der Waals surface area contributed by atoms with E-state index in [0.29, 0.717) is 24.6 Å². The van der Waals surface area contributed by atoms with Gasteiger partial charge in [-0.25, -0.2) is 0 Å². The number of rotatable bonds is 8. The lowest BCUT2D eigenvalue weighted by Crippen LogP contribution is -2.58. The minimum atomic E-state index is -0.597. The van der Waals surface area contributed by atoms with Crippen molar-refractivity contribution in [1.82, 2.24) is 10.2 Å². The van der Waals surface area contributed by atoms with Crippen LogP contribution in [0.4, 0.5) is 0 Å². The number of nitrogens with one attached hydrogen (secondary N) is 1. The number of amidine groups is 1. The van der Waals surface area contributed by atoms with Gasteiger partial charge in [0.1, 0.15) is 17.6 Å². The number of oxime groups is 1. The Morgan fingerprint density at radius 3 is 2.74 bits per heavy atom. The molecule has 0 amide bonds. The highest BCUT2D eigenvalue weighted by atomic mass is 32.1. The first-order valence-electron chi connectivity index (χ1n) is 12.0. The number of ether oxygens (including phenoxy) is 2. The lowest BCUT2D eigenvalue weighted by atomic mass is 9.91. The predicted octanol–water partition coefficient (Wildman–Crippen LogP) is 5.09. The number of likely N-dealkylation sites (N-methyl/N-ethyl adjacent to an activating group) is 1. The third-order valence-electron chi connectivity index (χ3n) is 7.13. The Morgan fingerprint density at radius 2 is 2.03 bits per heavy atom. The highest BCUT2D eigenvalue weighted by Crippen LogP contribution is 2.45. The monoisotopic (exact) mass is 490 g/mol. The van der Waals surface area contributed by atoms with Crippen LogP contribution in [0.5, 0.6) is 11.5 Å². The first-order valence-corrected chi connectivity index (χ1v) is 12.8. The molecule has 1 aliphatic heterocycles. The fourth-order valence-electron chi connectivity index (χ4n) is 5.40. The maximum Gasteiger partial charge on any atom is 0.227 e. The number of fused-ring (bicyclic) bond motifs is 1. The van der Waals surface area contributed by atoms with Crippen LogP contribution in [0.3, 0.4) is 0 Å². The van der Waals surface area contributed by atoms with Gasteiger partial charge in [0, 0.05) is 17.5 Å². The van der Waals surface area contributed by atoms with Crippen molar-refractivity contribution in [2.75, 3.05) is 27.8 Å². The highest BCUT2D eigenvalue weighted by molar-refractivity contribution is 7.21. The second-order valence-electron chi connectivity index (χ2n) is 9.07. The maximum absolute atomic E-state index is 9.61. The Bertz CT molecular complexity index is 1290. The molecule has 0 radical (unpaired) electrons. The molecule has 1 saturated carbocycles. The second-order valence-corrected chi connectivity index (χ2v) is 10.1. The van der Waals surface area contributed by atoms with Crippen molar-refractivity contribution < 1.29 is 14.3 Å². The van der Waals surface area contributed by atoms with Gasteiger partial charge in [0.25, 0.3) is 0 Å². The number of hydrogen-bond acceptors (Lipinski definition) is 8. The normalized spacial score (nSPS) is 20.1. The molecule has 1 aliphatic carbocycles. The minimum absolute atomic E-state index is 0.351. The highest BCUT2D eigenvalue weighted by Gasteiger charge is 2.52. The first kappa shape index (κ1) is 23.5. The molecule has 3 aromatic rings. The molecule has 182 valence electrons. The molecule has 35 heavy (non-hydrogen) atoms. The van der Waals surface area contributed by atoms with Gasteiger partial charge in [-0.2, -0.15) is 5.26 Å². The molecule has 7 nitrogen and oxygen atoms in total. The Hall–Kier alpha value is -3.28. The molecule has 0 bridgehead atoms. The van der Waals surface area contributed by atoms with E-state index in [-0.39, 0.29) is 0 Å². The number of methoxy groups -OCH3 is 2. The second kappa shape index (κ2) is 9.76. The Morgan fingerprint density at radius 1 is 1.20 bits per heavy atom. The molecule has 2 heterocycles. The number of hydrogen-bond donors (Lipinski definition) is 1. The molecule has 5 rings (SSSR count). The molecule has 0 saturated heterocycles. The van der Waals surface area contributed by atoms with Crippen LogP contribution in [0.1, 0.15) is 41.7 Å². The van der Waals surface area contributed by atoms with Gasteiger partial charge >= 0.3 is 0 Å². The fourth-order valence-corrected chi connectivity index (χ4v) is 6.51. The Kier molecular flexibility index (Phi) is 6.54. The van der Waals surface area contributed by atoms with Crippen molar-refractivity contribution in [3.63, 3.8) is 0 Å². The van der Waals surface area contributed by atoms with E-state index in [1.807, 2.05) is 43.4 Å². The zero-order valence-corrected chi connectivity index (χ0v) is 21.2. The van der Waals surface area contributed by atoms with E-state index in [9.17, 15) is 5.26 Å². The van der Waals surface area contributed by atoms with Crippen LogP contribution in [0, 0.1) is 17.2 Å². The van der Waals surface area contributed by atoms with Crippen molar-refractivity contribution in [3.8, 4) is 17.6 Å². The van der Waals surface area contributed by atoms with Crippen LogP contribution in [-0.2, 0) is 11.4 Å². The summed E-state index contributed by atoms with van der Waals surface area (Å²) < 4.78 is 12.1. The van der Waals surface area contributed by atoms with Crippen LogP contribution in [0.2, 0.25) is 0 Å². The average Bonchev–Trinajstić information content (AvgIpc) is 3.64. The van der Waals surface area contributed by atoms with E-state index >= 15 is 0 Å². The summed E-state index contributed by atoms with van der Waals surface area (Å²) in [7, 11) is 5.30. The summed E-state index contributed by atoms with van der Waals surface area (Å²) in [5, 5.41) is 18.7. The number of thiophene rings is 1. The fraction of sp³-hybridized carbons (Fsp3) is 0.407. The van der Waals surface area contributed by atoms with Crippen LogP contribution in [0.25, 0.3) is 10.1 Å². The van der Waals surface area contributed by atoms with Gasteiger partial charge in [0.05, 0.1) is 42.4 Å². The van der Waals surface area contributed by atoms with Gasteiger partial charge in [0.2, 0.25) is 5.72 Å². The van der Waals surface area contributed by atoms with E-state index in [1.165, 1.54) is 12.8 Å². The van der Waals surface area contributed by atoms with Crippen LogP contribution in [0.15, 0.2) is 47.6 Å². The summed E-state index contributed by atoms with van der Waals surface area (Å²) in [5.74, 6) is 2.67. The van der Waals surface area contributed by atoms with Crippen molar-refractivity contribution in [2.45, 2.75) is 38.0 Å². The Labute approximate surface area is 209 Å². The summed E-state index contributed by atoms with van der Waals surface area (Å²) in [5.41, 5.74) is 1.11. The Balaban J connectivity index is 1.61. The van der Waals surface area contributed by atoms with Gasteiger partial charge in [-0.05, 0) is 49.5 Å². The number of nitriles is 1. The molecule has 1 aromatic heterocycles. The van der Waals surface area contributed by atoms with Crippen molar-refractivity contribution in [2.24, 2.45) is 11.1 Å². The molecular formula is C27H30N4O3S. The summed E-state index contributed by atoms with van der Waals surface area (Å²) in [4.78, 5) is 9.71. The zero-order chi connectivity index (χ0) is 24.4. The number of nitrogens with zero attached hydrogens (tertiary/aromatic N) is 3. The average molecular weight is 491 g/mol. The van der Waals surface area contributed by atoms with E-state index in [1.54, 1.807) is 25.6 Å². The van der Waals surface area contributed by atoms with Crippen LogP contribution in [-0.4, -0.2) is 44.3 Å². The smallest absolute Gasteiger partial charge is 0.227 e. The quantitative estimate of drug-likeness (QED) is 0.474. The molecule has 1 N–H and O–H groups in total. The zero-order valence-electron chi connectivity index (χ0n) is 20.3. The van der Waals surface area contributed by atoms with Gasteiger partial charge in [-0.3, -0.25) is 0 Å². The standard InChI is InChI=1S/C27H30N4O3S/c1-29-17-27(21-9-4-5-10-21)31(16-20-11-12-22(32-2)14-23(20)33-3)26(30-34-27)24-13-18-7-6-8-19(15-28)25(18)35-24/h6-8,11-14,21,29H,4-5,9-10,16-17H2,1-3H3.